The second-order valence-corrected chi connectivity index (χ2v) is 2.74. The molecular formula is C8H15N3O. The molecule has 0 radical (unpaired) electrons. The van der Waals surface area contributed by atoms with E-state index in [1.54, 1.807) is 18.0 Å². The SMILES string of the molecule is CCC(N)c1c(OC)cnn1C. The molecule has 12 heavy (non-hydrogen) atoms. The van der Waals surface area contributed by atoms with Crippen LogP contribution in [0.2, 0.25) is 0 Å². The van der Waals surface area contributed by atoms with Crippen molar-refractivity contribution in [2.24, 2.45) is 12.8 Å². The molecule has 0 bridgehead atoms. The fourth-order valence-electron chi connectivity index (χ4n) is 1.20. The first kappa shape index (κ1) is 9.06. The van der Waals surface area contributed by atoms with Gasteiger partial charge in [0.2, 0.25) is 0 Å². The molecule has 0 aliphatic carbocycles. The van der Waals surface area contributed by atoms with Gasteiger partial charge in [-0.2, -0.15) is 5.10 Å². The summed E-state index contributed by atoms with van der Waals surface area (Å²) in [6.45, 7) is 2.04. The summed E-state index contributed by atoms with van der Waals surface area (Å²) in [6, 6.07) is 0.00690. The molecule has 0 aliphatic rings. The minimum atomic E-state index is 0.00690. The third-order valence-electron chi connectivity index (χ3n) is 1.96. The summed E-state index contributed by atoms with van der Waals surface area (Å²) in [5.74, 6) is 0.770. The Morgan fingerprint density at radius 2 is 2.42 bits per heavy atom. The maximum absolute atomic E-state index is 5.88. The van der Waals surface area contributed by atoms with Gasteiger partial charge in [-0.25, -0.2) is 0 Å². The minimum absolute atomic E-state index is 0.00690. The summed E-state index contributed by atoms with van der Waals surface area (Å²) in [7, 11) is 3.50. The van der Waals surface area contributed by atoms with E-state index in [-0.39, 0.29) is 6.04 Å². The van der Waals surface area contributed by atoms with Crippen LogP contribution in [0.3, 0.4) is 0 Å². The van der Waals surface area contributed by atoms with Crippen LogP contribution in [0, 0.1) is 0 Å². The van der Waals surface area contributed by atoms with Gasteiger partial charge >= 0.3 is 0 Å². The number of aromatic nitrogens is 2. The highest BCUT2D eigenvalue weighted by molar-refractivity contribution is 5.27. The third-order valence-corrected chi connectivity index (χ3v) is 1.96. The van der Waals surface area contributed by atoms with Crippen molar-refractivity contribution in [2.45, 2.75) is 19.4 Å². The molecule has 1 aromatic rings. The summed E-state index contributed by atoms with van der Waals surface area (Å²) < 4.78 is 6.88. The Morgan fingerprint density at radius 1 is 1.75 bits per heavy atom. The molecule has 1 aromatic heterocycles. The van der Waals surface area contributed by atoms with Gasteiger partial charge in [0.25, 0.3) is 0 Å². The second kappa shape index (κ2) is 3.58. The first-order valence-corrected chi connectivity index (χ1v) is 4.02. The van der Waals surface area contributed by atoms with Gasteiger partial charge in [-0.3, -0.25) is 4.68 Å². The quantitative estimate of drug-likeness (QED) is 0.729. The van der Waals surface area contributed by atoms with Crippen LogP contribution in [0.15, 0.2) is 6.20 Å². The lowest BCUT2D eigenvalue weighted by Gasteiger charge is -2.10. The predicted molar refractivity (Wildman–Crippen MR) is 47.0 cm³/mol. The maximum atomic E-state index is 5.88. The standard InChI is InChI=1S/C8H15N3O/c1-4-6(9)8-7(12-3)5-10-11(8)2/h5-6H,4,9H2,1-3H3. The second-order valence-electron chi connectivity index (χ2n) is 2.74. The average molecular weight is 169 g/mol. The predicted octanol–water partition coefficient (Wildman–Crippen LogP) is 0.838. The molecule has 1 atom stereocenters. The van der Waals surface area contributed by atoms with Gasteiger partial charge in [0.15, 0.2) is 5.75 Å². The van der Waals surface area contributed by atoms with Crippen LogP contribution >= 0.6 is 0 Å². The molecule has 1 heterocycles. The Balaban J connectivity index is 3.01. The number of aryl methyl sites for hydroxylation is 1. The van der Waals surface area contributed by atoms with E-state index in [9.17, 15) is 0 Å². The Kier molecular flexibility index (Phi) is 2.70. The van der Waals surface area contributed by atoms with Crippen LogP contribution in [-0.4, -0.2) is 16.9 Å². The number of hydrogen-bond acceptors (Lipinski definition) is 3. The summed E-state index contributed by atoms with van der Waals surface area (Å²) in [4.78, 5) is 0. The van der Waals surface area contributed by atoms with E-state index in [2.05, 4.69) is 5.10 Å². The van der Waals surface area contributed by atoms with E-state index >= 15 is 0 Å². The van der Waals surface area contributed by atoms with Crippen LogP contribution < -0.4 is 10.5 Å². The highest BCUT2D eigenvalue weighted by Gasteiger charge is 2.14. The molecule has 0 aliphatic heterocycles. The van der Waals surface area contributed by atoms with E-state index in [1.807, 2.05) is 14.0 Å². The third kappa shape index (κ3) is 1.43. The van der Waals surface area contributed by atoms with Gasteiger partial charge in [0, 0.05) is 7.05 Å². The Hall–Kier alpha value is -1.03. The van der Waals surface area contributed by atoms with Crippen LogP contribution in [0.1, 0.15) is 25.1 Å². The summed E-state index contributed by atoms with van der Waals surface area (Å²) in [6.07, 6.45) is 2.57. The summed E-state index contributed by atoms with van der Waals surface area (Å²) >= 11 is 0. The average Bonchev–Trinajstić information content (AvgIpc) is 2.45. The normalized spacial score (nSPS) is 13.0. The van der Waals surface area contributed by atoms with Gasteiger partial charge in [0.1, 0.15) is 0 Å². The van der Waals surface area contributed by atoms with Gasteiger partial charge in [-0.05, 0) is 6.42 Å². The molecular weight excluding hydrogens is 154 g/mol. The van der Waals surface area contributed by atoms with Crippen LogP contribution in [-0.2, 0) is 7.05 Å². The van der Waals surface area contributed by atoms with E-state index in [4.69, 9.17) is 10.5 Å². The zero-order valence-electron chi connectivity index (χ0n) is 7.74. The monoisotopic (exact) mass is 169 g/mol. The fraction of sp³-hybridized carbons (Fsp3) is 0.625. The topological polar surface area (TPSA) is 53.1 Å². The smallest absolute Gasteiger partial charge is 0.161 e. The largest absolute Gasteiger partial charge is 0.493 e. The zero-order valence-corrected chi connectivity index (χ0v) is 7.74. The highest BCUT2D eigenvalue weighted by atomic mass is 16.5. The molecule has 0 saturated heterocycles. The van der Waals surface area contributed by atoms with Crippen molar-refractivity contribution < 1.29 is 4.74 Å². The molecule has 0 spiro atoms. The summed E-state index contributed by atoms with van der Waals surface area (Å²) in [5.41, 5.74) is 6.83. The van der Waals surface area contributed by atoms with Crippen molar-refractivity contribution in [3.8, 4) is 5.75 Å². The highest BCUT2D eigenvalue weighted by Crippen LogP contribution is 2.23. The zero-order chi connectivity index (χ0) is 9.14. The molecule has 4 nitrogen and oxygen atoms in total. The minimum Gasteiger partial charge on any atom is -0.493 e. The van der Waals surface area contributed by atoms with Gasteiger partial charge < -0.3 is 10.5 Å². The van der Waals surface area contributed by atoms with E-state index in [0.717, 1.165) is 17.9 Å². The maximum Gasteiger partial charge on any atom is 0.161 e. The molecule has 1 unspecified atom stereocenters. The lowest BCUT2D eigenvalue weighted by molar-refractivity contribution is 0.402. The molecule has 1 rings (SSSR count). The van der Waals surface area contributed by atoms with Gasteiger partial charge in [-0.1, -0.05) is 6.92 Å². The number of hydrogen-bond donors (Lipinski definition) is 1. The number of nitrogens with zero attached hydrogens (tertiary/aromatic N) is 2. The Bertz CT molecular complexity index is 257. The first-order chi connectivity index (χ1) is 5.70. The number of rotatable bonds is 3. The molecule has 68 valence electrons. The van der Waals surface area contributed by atoms with E-state index in [0.29, 0.717) is 0 Å². The number of methoxy groups -OCH3 is 1. The Morgan fingerprint density at radius 3 is 2.92 bits per heavy atom. The Labute approximate surface area is 72.3 Å². The van der Waals surface area contributed by atoms with E-state index < -0.39 is 0 Å². The molecule has 4 heteroatoms. The lowest BCUT2D eigenvalue weighted by Crippen LogP contribution is -2.14. The van der Waals surface area contributed by atoms with Crippen molar-refractivity contribution in [3.05, 3.63) is 11.9 Å². The molecule has 0 fully saturated rings. The lowest BCUT2D eigenvalue weighted by atomic mass is 10.1. The van der Waals surface area contributed by atoms with Gasteiger partial charge in [0.05, 0.1) is 25.0 Å². The fourth-order valence-corrected chi connectivity index (χ4v) is 1.20. The van der Waals surface area contributed by atoms with Crippen molar-refractivity contribution in [2.75, 3.05) is 7.11 Å². The number of ether oxygens (including phenoxy) is 1. The van der Waals surface area contributed by atoms with Crippen molar-refractivity contribution in [3.63, 3.8) is 0 Å². The molecule has 2 N–H and O–H groups in total. The van der Waals surface area contributed by atoms with Gasteiger partial charge in [-0.15, -0.1) is 0 Å². The van der Waals surface area contributed by atoms with E-state index in [1.165, 1.54) is 0 Å². The summed E-state index contributed by atoms with van der Waals surface area (Å²) in [5, 5.41) is 4.07. The van der Waals surface area contributed by atoms with Crippen LogP contribution in [0.5, 0.6) is 5.75 Å². The number of nitrogens with two attached hydrogens (primary N) is 1. The molecule has 0 saturated carbocycles. The first-order valence-electron chi connectivity index (χ1n) is 4.02. The van der Waals surface area contributed by atoms with Crippen molar-refractivity contribution in [1.82, 2.24) is 9.78 Å². The molecule has 0 amide bonds. The van der Waals surface area contributed by atoms with Crippen LogP contribution in [0.25, 0.3) is 0 Å². The van der Waals surface area contributed by atoms with Crippen molar-refractivity contribution >= 4 is 0 Å². The van der Waals surface area contributed by atoms with Crippen molar-refractivity contribution in [1.29, 1.82) is 0 Å². The molecule has 0 aromatic carbocycles. The van der Waals surface area contributed by atoms with Crippen LogP contribution in [0.4, 0.5) is 0 Å².